The maximum Gasteiger partial charge on any atom is 0.256 e. The highest BCUT2D eigenvalue weighted by Gasteiger charge is 2.09. The Kier molecular flexibility index (Phi) is 3.48. The van der Waals surface area contributed by atoms with Crippen LogP contribution in [0.1, 0.15) is 15.9 Å². The number of carbonyl (C=O) groups is 1. The summed E-state index contributed by atoms with van der Waals surface area (Å²) in [7, 11) is 0. The first kappa shape index (κ1) is 12.4. The number of aryl methyl sites for hydroxylation is 1. The summed E-state index contributed by atoms with van der Waals surface area (Å²) in [6.07, 6.45) is 1.67. The van der Waals surface area contributed by atoms with Crippen LogP contribution in [0.4, 0.5) is 5.82 Å². The lowest BCUT2D eigenvalue weighted by Crippen LogP contribution is -2.12. The fourth-order valence-electron chi connectivity index (χ4n) is 1.38. The van der Waals surface area contributed by atoms with Crippen molar-refractivity contribution >= 4 is 23.3 Å². The lowest BCUT2D eigenvalue weighted by atomic mass is 10.2. The molecule has 0 aliphatic rings. The Balaban J connectivity index is 2.16. The quantitative estimate of drug-likeness (QED) is 0.875. The highest BCUT2D eigenvalue weighted by Crippen LogP contribution is 2.23. The lowest BCUT2D eigenvalue weighted by Gasteiger charge is -2.05. The average molecular weight is 263 g/mol. The monoisotopic (exact) mass is 262 g/mol. The smallest absolute Gasteiger partial charge is 0.256 e. The Hall–Kier alpha value is -2.07. The molecule has 0 saturated heterocycles. The standard InChI is InChI=1S/C13H11ClN2O2/c1-8-2-5-12(15-7-8)16-13(18)9-3-4-11(17)10(14)6-9/h2-7,17H,1H3,(H,15,16,18). The van der Waals surface area contributed by atoms with E-state index in [9.17, 15) is 9.90 Å². The zero-order valence-electron chi connectivity index (χ0n) is 9.64. The van der Waals surface area contributed by atoms with Crippen LogP contribution < -0.4 is 5.32 Å². The summed E-state index contributed by atoms with van der Waals surface area (Å²) < 4.78 is 0. The van der Waals surface area contributed by atoms with Gasteiger partial charge < -0.3 is 10.4 Å². The summed E-state index contributed by atoms with van der Waals surface area (Å²) in [5.74, 6) is 0.0877. The molecular weight excluding hydrogens is 252 g/mol. The van der Waals surface area contributed by atoms with Gasteiger partial charge in [-0.25, -0.2) is 4.98 Å². The maximum absolute atomic E-state index is 11.9. The Bertz CT molecular complexity index is 582. The third kappa shape index (κ3) is 2.78. The van der Waals surface area contributed by atoms with Gasteiger partial charge in [0.05, 0.1) is 5.02 Å². The number of hydrogen-bond acceptors (Lipinski definition) is 3. The maximum atomic E-state index is 11.9. The van der Waals surface area contributed by atoms with Crippen molar-refractivity contribution in [3.63, 3.8) is 0 Å². The van der Waals surface area contributed by atoms with Gasteiger partial charge in [0.1, 0.15) is 11.6 Å². The van der Waals surface area contributed by atoms with E-state index >= 15 is 0 Å². The molecule has 0 bridgehead atoms. The van der Waals surface area contributed by atoms with Gasteiger partial charge in [0.25, 0.3) is 5.91 Å². The molecule has 0 aliphatic heterocycles. The number of amides is 1. The number of aromatic nitrogens is 1. The molecular formula is C13H11ClN2O2. The molecule has 0 spiro atoms. The highest BCUT2D eigenvalue weighted by molar-refractivity contribution is 6.32. The number of nitrogens with zero attached hydrogens (tertiary/aromatic N) is 1. The van der Waals surface area contributed by atoms with Crippen molar-refractivity contribution in [2.45, 2.75) is 6.92 Å². The molecule has 1 amide bonds. The molecule has 92 valence electrons. The van der Waals surface area contributed by atoms with E-state index in [0.717, 1.165) is 5.56 Å². The first-order valence-corrected chi connectivity index (χ1v) is 5.66. The van der Waals surface area contributed by atoms with Gasteiger partial charge in [-0.2, -0.15) is 0 Å². The van der Waals surface area contributed by atoms with Gasteiger partial charge in [0.15, 0.2) is 0 Å². The second-order valence-electron chi connectivity index (χ2n) is 3.84. The number of nitrogens with one attached hydrogen (secondary N) is 1. The molecule has 18 heavy (non-hydrogen) atoms. The van der Waals surface area contributed by atoms with Crippen LogP contribution in [-0.4, -0.2) is 16.0 Å². The fraction of sp³-hybridized carbons (Fsp3) is 0.0769. The van der Waals surface area contributed by atoms with Gasteiger partial charge >= 0.3 is 0 Å². The number of pyridine rings is 1. The van der Waals surface area contributed by atoms with Gasteiger partial charge in [0, 0.05) is 11.8 Å². The van der Waals surface area contributed by atoms with E-state index in [4.69, 9.17) is 11.6 Å². The Morgan fingerprint density at radius 1 is 1.33 bits per heavy atom. The summed E-state index contributed by atoms with van der Waals surface area (Å²) >= 11 is 5.74. The van der Waals surface area contributed by atoms with E-state index in [2.05, 4.69) is 10.3 Å². The summed E-state index contributed by atoms with van der Waals surface area (Å²) in [6.45, 7) is 1.92. The van der Waals surface area contributed by atoms with E-state index in [1.807, 2.05) is 13.0 Å². The second kappa shape index (κ2) is 5.06. The molecule has 5 heteroatoms. The van der Waals surface area contributed by atoms with Gasteiger partial charge in [-0.05, 0) is 36.8 Å². The van der Waals surface area contributed by atoms with Crippen molar-refractivity contribution in [2.75, 3.05) is 5.32 Å². The number of phenols is 1. The molecule has 1 heterocycles. The molecule has 2 aromatic rings. The Morgan fingerprint density at radius 2 is 2.11 bits per heavy atom. The van der Waals surface area contributed by atoms with Crippen LogP contribution in [0, 0.1) is 6.92 Å². The molecule has 4 nitrogen and oxygen atoms in total. The van der Waals surface area contributed by atoms with Crippen LogP contribution in [0.3, 0.4) is 0 Å². The van der Waals surface area contributed by atoms with E-state index < -0.39 is 0 Å². The van der Waals surface area contributed by atoms with Crippen LogP contribution >= 0.6 is 11.6 Å². The number of halogens is 1. The van der Waals surface area contributed by atoms with Crippen molar-refractivity contribution in [1.82, 2.24) is 4.98 Å². The molecule has 0 unspecified atom stereocenters. The summed E-state index contributed by atoms with van der Waals surface area (Å²) in [4.78, 5) is 15.9. The molecule has 1 aromatic heterocycles. The Morgan fingerprint density at radius 3 is 2.72 bits per heavy atom. The van der Waals surface area contributed by atoms with E-state index in [-0.39, 0.29) is 16.7 Å². The third-order valence-electron chi connectivity index (χ3n) is 2.36. The van der Waals surface area contributed by atoms with E-state index in [1.165, 1.54) is 18.2 Å². The normalized spacial score (nSPS) is 10.1. The number of hydrogen-bond donors (Lipinski definition) is 2. The number of aromatic hydroxyl groups is 1. The van der Waals surface area contributed by atoms with Crippen molar-refractivity contribution in [3.8, 4) is 5.75 Å². The fourth-order valence-corrected chi connectivity index (χ4v) is 1.56. The van der Waals surface area contributed by atoms with Crippen LogP contribution in [0.15, 0.2) is 36.5 Å². The molecule has 2 rings (SSSR count). The number of anilines is 1. The lowest BCUT2D eigenvalue weighted by molar-refractivity contribution is 0.102. The van der Waals surface area contributed by atoms with Gasteiger partial charge in [-0.1, -0.05) is 17.7 Å². The number of phenolic OH excluding ortho intramolecular Hbond substituents is 1. The summed E-state index contributed by atoms with van der Waals surface area (Å²) in [5, 5.41) is 12.0. The minimum Gasteiger partial charge on any atom is -0.506 e. The van der Waals surface area contributed by atoms with E-state index in [0.29, 0.717) is 11.4 Å². The van der Waals surface area contributed by atoms with Crippen molar-refractivity contribution in [2.24, 2.45) is 0 Å². The zero-order chi connectivity index (χ0) is 13.1. The van der Waals surface area contributed by atoms with Crippen molar-refractivity contribution < 1.29 is 9.90 Å². The predicted molar refractivity (Wildman–Crippen MR) is 70.0 cm³/mol. The highest BCUT2D eigenvalue weighted by atomic mass is 35.5. The second-order valence-corrected chi connectivity index (χ2v) is 4.25. The van der Waals surface area contributed by atoms with Gasteiger partial charge in [0.2, 0.25) is 0 Å². The van der Waals surface area contributed by atoms with Gasteiger partial charge in [-0.3, -0.25) is 4.79 Å². The van der Waals surface area contributed by atoms with Crippen LogP contribution in [0.5, 0.6) is 5.75 Å². The van der Waals surface area contributed by atoms with Crippen LogP contribution in [0.2, 0.25) is 5.02 Å². The van der Waals surface area contributed by atoms with Crippen LogP contribution in [-0.2, 0) is 0 Å². The van der Waals surface area contributed by atoms with E-state index in [1.54, 1.807) is 12.3 Å². The SMILES string of the molecule is Cc1ccc(NC(=O)c2ccc(O)c(Cl)c2)nc1. The molecule has 0 fully saturated rings. The molecule has 2 N–H and O–H groups in total. The predicted octanol–water partition coefficient (Wildman–Crippen LogP) is 3.00. The third-order valence-corrected chi connectivity index (χ3v) is 2.67. The number of rotatable bonds is 2. The minimum absolute atomic E-state index is 0.0540. The molecule has 0 aliphatic carbocycles. The first-order chi connectivity index (χ1) is 8.56. The molecule has 0 saturated carbocycles. The van der Waals surface area contributed by atoms with Crippen molar-refractivity contribution in [3.05, 3.63) is 52.7 Å². The average Bonchev–Trinajstić information content (AvgIpc) is 2.35. The first-order valence-electron chi connectivity index (χ1n) is 5.29. The molecule has 0 atom stereocenters. The topological polar surface area (TPSA) is 62.2 Å². The van der Waals surface area contributed by atoms with Gasteiger partial charge in [-0.15, -0.1) is 0 Å². The molecule has 0 radical (unpaired) electrons. The summed E-state index contributed by atoms with van der Waals surface area (Å²) in [5.41, 5.74) is 1.38. The number of benzene rings is 1. The Labute approximate surface area is 109 Å². The minimum atomic E-state index is -0.326. The number of carbonyl (C=O) groups excluding carboxylic acids is 1. The summed E-state index contributed by atoms with van der Waals surface area (Å²) in [6, 6.07) is 7.84. The van der Waals surface area contributed by atoms with Crippen LogP contribution in [0.25, 0.3) is 0 Å². The zero-order valence-corrected chi connectivity index (χ0v) is 10.4. The molecule has 1 aromatic carbocycles. The largest absolute Gasteiger partial charge is 0.506 e. The van der Waals surface area contributed by atoms with Crippen molar-refractivity contribution in [1.29, 1.82) is 0 Å².